The predicted octanol–water partition coefficient (Wildman–Crippen LogP) is 7.04. The zero-order chi connectivity index (χ0) is 25.8. The molecule has 186 valence electrons. The number of hydrogen-bond acceptors (Lipinski definition) is 6. The summed E-state index contributed by atoms with van der Waals surface area (Å²) in [5.74, 6) is -3.92. The summed E-state index contributed by atoms with van der Waals surface area (Å²) in [6.45, 7) is -0.180. The van der Waals surface area contributed by atoms with Gasteiger partial charge in [-0.15, -0.1) is 5.11 Å². The molecule has 0 fully saturated rings. The minimum Gasteiger partial charge on any atom is -0.428 e. The van der Waals surface area contributed by atoms with Gasteiger partial charge in [0, 0.05) is 11.8 Å². The first-order valence-electron chi connectivity index (χ1n) is 9.33. The van der Waals surface area contributed by atoms with Crippen molar-refractivity contribution in [2.75, 3.05) is 5.32 Å². The minimum atomic E-state index is -4.95. The monoisotopic (exact) mass is 509 g/mol. The fourth-order valence-corrected chi connectivity index (χ4v) is 2.53. The number of alkyl halides is 7. The molecular weight excluding hydrogens is 497 g/mol. The molecule has 35 heavy (non-hydrogen) atoms. The highest BCUT2D eigenvalue weighted by molar-refractivity contribution is 5.58. The fraction of sp³-hybridized carbons (Fsp3) is 0.200. The van der Waals surface area contributed by atoms with Crippen LogP contribution in [0.3, 0.4) is 0 Å². The van der Waals surface area contributed by atoms with Crippen molar-refractivity contribution in [3.63, 3.8) is 0 Å². The summed E-state index contributed by atoms with van der Waals surface area (Å²) in [5.41, 5.74) is -1.40. The van der Waals surface area contributed by atoms with Gasteiger partial charge in [-0.3, -0.25) is 0 Å². The first-order valence-corrected chi connectivity index (χ1v) is 9.33. The highest BCUT2D eigenvalue weighted by atomic mass is 19.4. The van der Waals surface area contributed by atoms with E-state index in [1.165, 1.54) is 12.1 Å². The summed E-state index contributed by atoms with van der Waals surface area (Å²) in [4.78, 5) is 7.13. The van der Waals surface area contributed by atoms with E-state index < -0.39 is 47.7 Å². The molecule has 0 saturated carbocycles. The molecule has 1 heterocycles. The van der Waals surface area contributed by atoms with Crippen LogP contribution < -0.4 is 10.1 Å². The number of aromatic nitrogens is 2. The van der Waals surface area contributed by atoms with E-state index in [2.05, 4.69) is 30.3 Å². The Morgan fingerprint density at radius 3 is 2.23 bits per heavy atom. The molecule has 0 spiro atoms. The lowest BCUT2D eigenvalue weighted by Crippen LogP contribution is -2.33. The van der Waals surface area contributed by atoms with Gasteiger partial charge >= 0.3 is 18.7 Å². The van der Waals surface area contributed by atoms with Crippen LogP contribution in [0.2, 0.25) is 0 Å². The minimum absolute atomic E-state index is 0.180. The van der Waals surface area contributed by atoms with E-state index in [1.807, 2.05) is 0 Å². The smallest absolute Gasteiger partial charge is 0.428 e. The Kier molecular flexibility index (Phi) is 7.45. The van der Waals surface area contributed by atoms with Crippen molar-refractivity contribution >= 4 is 17.5 Å². The zero-order valence-electron chi connectivity index (χ0n) is 17.0. The van der Waals surface area contributed by atoms with Crippen molar-refractivity contribution in [3.8, 4) is 5.75 Å². The molecule has 0 aliphatic heterocycles. The van der Waals surface area contributed by atoms with Crippen LogP contribution in [0.5, 0.6) is 5.75 Å². The van der Waals surface area contributed by atoms with E-state index in [4.69, 9.17) is 0 Å². The van der Waals surface area contributed by atoms with Crippen LogP contribution in [0.1, 0.15) is 11.1 Å². The maximum atomic E-state index is 13.8. The molecule has 3 aromatic rings. The lowest BCUT2D eigenvalue weighted by molar-refractivity contribution is -0.253. The van der Waals surface area contributed by atoms with Crippen LogP contribution in [0.4, 0.5) is 57.0 Å². The van der Waals surface area contributed by atoms with Crippen LogP contribution in [-0.4, -0.2) is 22.5 Å². The predicted molar refractivity (Wildman–Crippen MR) is 103 cm³/mol. The third kappa shape index (κ3) is 7.04. The number of benzene rings is 2. The van der Waals surface area contributed by atoms with Gasteiger partial charge in [0.25, 0.3) is 5.95 Å². The second-order valence-corrected chi connectivity index (χ2v) is 6.70. The SMILES string of the molecule is Fc1cc(Nc2ccc(F)c(C(F)(F)F)c2)nc(N=NCc2ccc(OC(F)(F)C(F)F)cc2)n1. The quantitative estimate of drug-likeness (QED) is 0.201. The standard InChI is InChI=1S/C20H12F9N5O/c21-14-6-3-11(7-13(14)19(25,26)27)31-16-8-15(22)32-18(33-16)34-30-9-10-1-4-12(5-2-10)35-20(28,29)17(23)24/h1-8,17H,9H2,(H,31,32,33). The summed E-state index contributed by atoms with van der Waals surface area (Å²) < 4.78 is 120. The maximum absolute atomic E-state index is 13.8. The molecule has 1 N–H and O–H groups in total. The summed E-state index contributed by atoms with van der Waals surface area (Å²) in [5, 5.41) is 9.64. The van der Waals surface area contributed by atoms with Crippen LogP contribution in [0.25, 0.3) is 0 Å². The second kappa shape index (κ2) is 10.1. The number of azo groups is 1. The molecule has 0 radical (unpaired) electrons. The summed E-state index contributed by atoms with van der Waals surface area (Å²) >= 11 is 0. The Hall–Kier alpha value is -3.91. The van der Waals surface area contributed by atoms with Crippen LogP contribution in [0, 0.1) is 11.8 Å². The number of anilines is 2. The van der Waals surface area contributed by atoms with Gasteiger partial charge in [-0.1, -0.05) is 12.1 Å². The van der Waals surface area contributed by atoms with Gasteiger partial charge in [0.2, 0.25) is 5.95 Å². The Balaban J connectivity index is 1.68. The lowest BCUT2D eigenvalue weighted by atomic mass is 10.2. The Morgan fingerprint density at radius 2 is 1.60 bits per heavy atom. The van der Waals surface area contributed by atoms with Crippen LogP contribution in [-0.2, 0) is 12.7 Å². The van der Waals surface area contributed by atoms with E-state index in [1.54, 1.807) is 0 Å². The molecule has 0 amide bonds. The number of halogens is 9. The molecule has 0 aliphatic rings. The maximum Gasteiger partial charge on any atom is 0.461 e. The molecule has 0 aliphatic carbocycles. The highest BCUT2D eigenvalue weighted by Crippen LogP contribution is 2.33. The second-order valence-electron chi connectivity index (χ2n) is 6.70. The van der Waals surface area contributed by atoms with Gasteiger partial charge in [0.1, 0.15) is 17.4 Å². The number of nitrogens with one attached hydrogen (secondary N) is 1. The third-order valence-electron chi connectivity index (χ3n) is 4.07. The Bertz CT molecular complexity index is 1200. The molecule has 3 rings (SSSR count). The van der Waals surface area contributed by atoms with Crippen molar-refractivity contribution in [3.05, 3.63) is 71.4 Å². The number of rotatable bonds is 8. The molecule has 2 aromatic carbocycles. The highest BCUT2D eigenvalue weighted by Gasteiger charge is 2.43. The van der Waals surface area contributed by atoms with E-state index in [0.29, 0.717) is 17.7 Å². The van der Waals surface area contributed by atoms with Crippen molar-refractivity contribution in [2.24, 2.45) is 10.2 Å². The number of ether oxygens (including phenoxy) is 1. The van der Waals surface area contributed by atoms with E-state index >= 15 is 0 Å². The van der Waals surface area contributed by atoms with Crippen molar-refractivity contribution < 1.29 is 44.3 Å². The largest absolute Gasteiger partial charge is 0.461 e. The van der Waals surface area contributed by atoms with E-state index in [9.17, 15) is 39.5 Å². The summed E-state index contributed by atoms with van der Waals surface area (Å²) in [6.07, 6.45) is -13.6. The molecule has 0 saturated heterocycles. The molecule has 6 nitrogen and oxygen atoms in total. The summed E-state index contributed by atoms with van der Waals surface area (Å²) in [7, 11) is 0. The van der Waals surface area contributed by atoms with Crippen LogP contribution in [0.15, 0.2) is 58.8 Å². The first-order chi connectivity index (χ1) is 16.3. The topological polar surface area (TPSA) is 71.8 Å². The lowest BCUT2D eigenvalue weighted by Gasteiger charge is -2.16. The van der Waals surface area contributed by atoms with Gasteiger partial charge in [0.15, 0.2) is 0 Å². The molecule has 1 aromatic heterocycles. The first kappa shape index (κ1) is 25.7. The molecule has 15 heteroatoms. The fourth-order valence-electron chi connectivity index (χ4n) is 2.53. The molecule has 0 unspecified atom stereocenters. The average molecular weight is 509 g/mol. The Labute approximate surface area is 190 Å². The molecule has 0 bridgehead atoms. The molecular formula is C20H12F9N5O. The van der Waals surface area contributed by atoms with Gasteiger partial charge in [-0.25, -0.2) is 4.39 Å². The number of nitrogens with zero attached hydrogens (tertiary/aromatic N) is 4. The van der Waals surface area contributed by atoms with Crippen LogP contribution >= 0.6 is 0 Å². The third-order valence-corrected chi connectivity index (χ3v) is 4.07. The normalized spacial score (nSPS) is 12.4. The number of hydrogen-bond donors (Lipinski definition) is 1. The van der Waals surface area contributed by atoms with Crippen molar-refractivity contribution in [1.82, 2.24) is 9.97 Å². The van der Waals surface area contributed by atoms with Gasteiger partial charge in [-0.2, -0.15) is 50.2 Å². The van der Waals surface area contributed by atoms with Gasteiger partial charge in [-0.05, 0) is 35.9 Å². The Morgan fingerprint density at radius 1 is 0.914 bits per heavy atom. The van der Waals surface area contributed by atoms with Crippen molar-refractivity contribution in [2.45, 2.75) is 25.3 Å². The van der Waals surface area contributed by atoms with Gasteiger partial charge < -0.3 is 10.1 Å². The summed E-state index contributed by atoms with van der Waals surface area (Å²) in [6, 6.07) is 7.26. The van der Waals surface area contributed by atoms with Gasteiger partial charge in [0.05, 0.1) is 12.1 Å². The zero-order valence-corrected chi connectivity index (χ0v) is 17.0. The van der Waals surface area contributed by atoms with E-state index in [-0.39, 0.29) is 18.1 Å². The van der Waals surface area contributed by atoms with Crippen molar-refractivity contribution in [1.29, 1.82) is 0 Å². The van der Waals surface area contributed by atoms with E-state index in [0.717, 1.165) is 24.3 Å². The molecule has 0 atom stereocenters. The average Bonchev–Trinajstić information content (AvgIpc) is 2.75.